The second-order valence-corrected chi connectivity index (χ2v) is 4.82. The molecule has 0 spiro atoms. The standard InChI is InChI=1S/C12H20N2O5/c1-3-9-5-4-8(2)14(9)12(19)13(6-10(15)16)7-11(17)18/h8-9H,3-7H2,1-2H3,(H,15,16)(H,17,18). The van der Waals surface area contributed by atoms with Crippen LogP contribution in [0.2, 0.25) is 0 Å². The number of carboxylic acids is 2. The van der Waals surface area contributed by atoms with Gasteiger partial charge in [-0.3, -0.25) is 9.59 Å². The van der Waals surface area contributed by atoms with Crippen LogP contribution in [0.5, 0.6) is 0 Å². The molecule has 1 heterocycles. The van der Waals surface area contributed by atoms with Crippen LogP contribution in [0.4, 0.5) is 4.79 Å². The Morgan fingerprint density at radius 1 is 1.16 bits per heavy atom. The van der Waals surface area contributed by atoms with Crippen LogP contribution in [0.3, 0.4) is 0 Å². The van der Waals surface area contributed by atoms with Gasteiger partial charge in [-0.15, -0.1) is 0 Å². The van der Waals surface area contributed by atoms with Crippen molar-refractivity contribution < 1.29 is 24.6 Å². The molecule has 19 heavy (non-hydrogen) atoms. The second-order valence-electron chi connectivity index (χ2n) is 4.82. The van der Waals surface area contributed by atoms with Crippen molar-refractivity contribution in [1.82, 2.24) is 9.80 Å². The minimum absolute atomic E-state index is 0.0162. The molecular weight excluding hydrogens is 252 g/mol. The topological polar surface area (TPSA) is 98.2 Å². The van der Waals surface area contributed by atoms with Gasteiger partial charge in [0.1, 0.15) is 13.1 Å². The number of amides is 2. The zero-order valence-corrected chi connectivity index (χ0v) is 11.2. The molecule has 1 fully saturated rings. The van der Waals surface area contributed by atoms with Crippen LogP contribution in [-0.2, 0) is 9.59 Å². The molecular formula is C12H20N2O5. The summed E-state index contributed by atoms with van der Waals surface area (Å²) in [7, 11) is 0. The Morgan fingerprint density at radius 3 is 2.11 bits per heavy atom. The fourth-order valence-electron chi connectivity index (χ4n) is 2.50. The number of nitrogens with zero attached hydrogens (tertiary/aromatic N) is 2. The molecule has 0 aromatic carbocycles. The number of aliphatic carboxylic acids is 2. The smallest absolute Gasteiger partial charge is 0.323 e. The lowest BCUT2D eigenvalue weighted by Gasteiger charge is -2.32. The molecule has 0 bridgehead atoms. The van der Waals surface area contributed by atoms with Crippen molar-refractivity contribution in [3.8, 4) is 0 Å². The van der Waals surface area contributed by atoms with Gasteiger partial charge in [0.25, 0.3) is 0 Å². The third-order valence-corrected chi connectivity index (χ3v) is 3.40. The van der Waals surface area contributed by atoms with Crippen LogP contribution in [0.15, 0.2) is 0 Å². The van der Waals surface area contributed by atoms with Gasteiger partial charge in [0.2, 0.25) is 0 Å². The van der Waals surface area contributed by atoms with E-state index >= 15 is 0 Å². The summed E-state index contributed by atoms with van der Waals surface area (Å²) < 4.78 is 0. The third-order valence-electron chi connectivity index (χ3n) is 3.40. The van der Waals surface area contributed by atoms with E-state index in [9.17, 15) is 14.4 Å². The number of hydrogen-bond donors (Lipinski definition) is 2. The molecule has 0 aromatic heterocycles. The second kappa shape index (κ2) is 6.40. The third kappa shape index (κ3) is 3.84. The molecule has 7 nitrogen and oxygen atoms in total. The molecule has 0 aromatic rings. The first-order valence-corrected chi connectivity index (χ1v) is 6.37. The Bertz CT molecular complexity index is 355. The van der Waals surface area contributed by atoms with E-state index in [0.29, 0.717) is 0 Å². The monoisotopic (exact) mass is 272 g/mol. The first-order valence-electron chi connectivity index (χ1n) is 6.37. The SMILES string of the molecule is CCC1CCC(C)N1C(=O)N(CC(=O)O)CC(=O)O. The molecule has 1 rings (SSSR count). The Kier molecular flexibility index (Phi) is 5.14. The summed E-state index contributed by atoms with van der Waals surface area (Å²) in [6, 6.07) is -0.420. The highest BCUT2D eigenvalue weighted by Crippen LogP contribution is 2.27. The Morgan fingerprint density at radius 2 is 1.68 bits per heavy atom. The summed E-state index contributed by atoms with van der Waals surface area (Å²) in [6.07, 6.45) is 2.51. The predicted molar refractivity (Wildman–Crippen MR) is 66.9 cm³/mol. The van der Waals surface area contributed by atoms with E-state index in [0.717, 1.165) is 24.2 Å². The van der Waals surface area contributed by atoms with Gasteiger partial charge in [0, 0.05) is 12.1 Å². The van der Waals surface area contributed by atoms with Gasteiger partial charge in [0.15, 0.2) is 0 Å². The lowest BCUT2D eigenvalue weighted by Crippen LogP contribution is -2.51. The average molecular weight is 272 g/mol. The number of carbonyl (C=O) groups is 3. The maximum atomic E-state index is 12.3. The summed E-state index contributed by atoms with van der Waals surface area (Å²) in [4.78, 5) is 36.3. The Hall–Kier alpha value is -1.79. The molecule has 2 N–H and O–H groups in total. The maximum Gasteiger partial charge on any atom is 0.323 e. The van der Waals surface area contributed by atoms with Crippen molar-refractivity contribution in [1.29, 1.82) is 0 Å². The van der Waals surface area contributed by atoms with Crippen LogP contribution in [0.25, 0.3) is 0 Å². The van der Waals surface area contributed by atoms with E-state index in [-0.39, 0.29) is 12.1 Å². The molecule has 2 unspecified atom stereocenters. The number of rotatable bonds is 5. The molecule has 7 heteroatoms. The quantitative estimate of drug-likeness (QED) is 0.772. The fraction of sp³-hybridized carbons (Fsp3) is 0.750. The zero-order valence-electron chi connectivity index (χ0n) is 11.2. The summed E-state index contributed by atoms with van der Waals surface area (Å²) in [5.74, 6) is -2.43. The Balaban J connectivity index is 2.84. The van der Waals surface area contributed by atoms with Crippen molar-refractivity contribution in [3.63, 3.8) is 0 Å². The van der Waals surface area contributed by atoms with Crippen LogP contribution < -0.4 is 0 Å². The number of urea groups is 1. The van der Waals surface area contributed by atoms with Gasteiger partial charge in [-0.05, 0) is 26.2 Å². The molecule has 1 aliphatic heterocycles. The van der Waals surface area contributed by atoms with Gasteiger partial charge < -0.3 is 20.0 Å². The molecule has 0 saturated carbocycles. The van der Waals surface area contributed by atoms with E-state index in [1.807, 2.05) is 13.8 Å². The summed E-state index contributed by atoms with van der Waals surface area (Å²) >= 11 is 0. The zero-order chi connectivity index (χ0) is 14.6. The predicted octanol–water partition coefficient (Wildman–Crippen LogP) is 0.841. The van der Waals surface area contributed by atoms with Gasteiger partial charge >= 0.3 is 18.0 Å². The highest BCUT2D eigenvalue weighted by Gasteiger charge is 2.36. The van der Waals surface area contributed by atoms with Crippen molar-refractivity contribution >= 4 is 18.0 Å². The number of likely N-dealkylation sites (tertiary alicyclic amines) is 1. The lowest BCUT2D eigenvalue weighted by molar-refractivity contribution is -0.140. The number of carboxylic acid groups (broad SMARTS) is 2. The summed E-state index contributed by atoms with van der Waals surface area (Å²) in [5, 5.41) is 17.5. The molecule has 0 radical (unpaired) electrons. The fourth-order valence-corrected chi connectivity index (χ4v) is 2.50. The van der Waals surface area contributed by atoms with Crippen molar-refractivity contribution in [2.45, 2.75) is 45.2 Å². The highest BCUT2D eigenvalue weighted by atomic mass is 16.4. The van der Waals surface area contributed by atoms with Crippen molar-refractivity contribution in [2.24, 2.45) is 0 Å². The Labute approximate surface area is 111 Å². The van der Waals surface area contributed by atoms with Gasteiger partial charge in [-0.25, -0.2) is 4.79 Å². The van der Waals surface area contributed by atoms with E-state index in [1.54, 1.807) is 4.90 Å². The molecule has 1 aliphatic rings. The van der Waals surface area contributed by atoms with Crippen LogP contribution in [-0.4, -0.2) is 63.2 Å². The van der Waals surface area contributed by atoms with Gasteiger partial charge in [-0.2, -0.15) is 0 Å². The number of carbonyl (C=O) groups excluding carboxylic acids is 1. The normalized spacial score (nSPS) is 22.3. The molecule has 0 aliphatic carbocycles. The number of hydrogen-bond acceptors (Lipinski definition) is 3. The maximum absolute atomic E-state index is 12.3. The van der Waals surface area contributed by atoms with Gasteiger partial charge in [-0.1, -0.05) is 6.92 Å². The molecule has 108 valence electrons. The van der Waals surface area contributed by atoms with E-state index in [4.69, 9.17) is 10.2 Å². The lowest BCUT2D eigenvalue weighted by atomic mass is 10.2. The molecule has 1 saturated heterocycles. The van der Waals surface area contributed by atoms with E-state index in [2.05, 4.69) is 0 Å². The largest absolute Gasteiger partial charge is 0.480 e. The van der Waals surface area contributed by atoms with Crippen molar-refractivity contribution in [3.05, 3.63) is 0 Å². The minimum Gasteiger partial charge on any atom is -0.480 e. The average Bonchev–Trinajstić information content (AvgIpc) is 2.67. The van der Waals surface area contributed by atoms with Crippen molar-refractivity contribution in [2.75, 3.05) is 13.1 Å². The van der Waals surface area contributed by atoms with Gasteiger partial charge in [0.05, 0.1) is 0 Å². The van der Waals surface area contributed by atoms with Crippen LogP contribution >= 0.6 is 0 Å². The van der Waals surface area contributed by atoms with Crippen LogP contribution in [0.1, 0.15) is 33.1 Å². The van der Waals surface area contributed by atoms with E-state index in [1.165, 1.54) is 0 Å². The summed E-state index contributed by atoms with van der Waals surface area (Å²) in [6.45, 7) is 2.67. The minimum atomic E-state index is -1.21. The highest BCUT2D eigenvalue weighted by molar-refractivity contribution is 5.84. The molecule has 2 atom stereocenters. The molecule has 2 amide bonds. The summed E-state index contributed by atoms with van der Waals surface area (Å²) in [5.41, 5.74) is 0. The van der Waals surface area contributed by atoms with Crippen LogP contribution in [0, 0.1) is 0 Å². The van der Waals surface area contributed by atoms with E-state index < -0.39 is 31.1 Å². The first-order chi connectivity index (χ1) is 8.86. The first kappa shape index (κ1) is 15.3.